The number of carbonyl (C=O) groups is 2. The van der Waals surface area contributed by atoms with Gasteiger partial charge in [-0.1, -0.05) is 18.2 Å². The summed E-state index contributed by atoms with van der Waals surface area (Å²) < 4.78 is 13.9. The Morgan fingerprint density at radius 1 is 1.35 bits per heavy atom. The third-order valence-corrected chi connectivity index (χ3v) is 5.15. The molecule has 140 valence electrons. The summed E-state index contributed by atoms with van der Waals surface area (Å²) >= 11 is 0. The lowest BCUT2D eigenvalue weighted by Gasteiger charge is -2.38. The number of benzene rings is 1. The van der Waals surface area contributed by atoms with Gasteiger partial charge in [0.15, 0.2) is 0 Å². The molecule has 2 aliphatic rings. The molecular formula is C19H25FN4O2. The van der Waals surface area contributed by atoms with Crippen LogP contribution in [0.3, 0.4) is 0 Å². The van der Waals surface area contributed by atoms with Crippen molar-refractivity contribution >= 4 is 17.5 Å². The Bertz CT molecular complexity index is 721. The third-order valence-electron chi connectivity index (χ3n) is 5.15. The van der Waals surface area contributed by atoms with Crippen LogP contribution in [0.25, 0.3) is 0 Å². The van der Waals surface area contributed by atoms with Crippen molar-refractivity contribution in [3.8, 4) is 0 Å². The van der Waals surface area contributed by atoms with Gasteiger partial charge in [-0.3, -0.25) is 14.5 Å². The van der Waals surface area contributed by atoms with Crippen molar-refractivity contribution in [2.24, 2.45) is 5.10 Å². The zero-order valence-corrected chi connectivity index (χ0v) is 15.3. The number of amides is 2. The molecule has 0 bridgehead atoms. The van der Waals surface area contributed by atoms with E-state index in [4.69, 9.17) is 0 Å². The van der Waals surface area contributed by atoms with Gasteiger partial charge >= 0.3 is 0 Å². The summed E-state index contributed by atoms with van der Waals surface area (Å²) in [7, 11) is 3.37. The molecule has 1 saturated heterocycles. The van der Waals surface area contributed by atoms with Crippen molar-refractivity contribution in [2.45, 2.75) is 38.3 Å². The van der Waals surface area contributed by atoms with Gasteiger partial charge in [-0.15, -0.1) is 0 Å². The van der Waals surface area contributed by atoms with E-state index in [1.54, 1.807) is 31.1 Å². The fourth-order valence-electron chi connectivity index (χ4n) is 3.55. The minimum atomic E-state index is -0.191. The number of hydrogen-bond donors (Lipinski definition) is 0. The van der Waals surface area contributed by atoms with Crippen LogP contribution >= 0.6 is 0 Å². The molecule has 2 heterocycles. The summed E-state index contributed by atoms with van der Waals surface area (Å²) in [4.78, 5) is 28.2. The van der Waals surface area contributed by atoms with Gasteiger partial charge in [0.2, 0.25) is 5.91 Å². The first-order chi connectivity index (χ1) is 12.5. The van der Waals surface area contributed by atoms with Crippen molar-refractivity contribution in [1.82, 2.24) is 14.8 Å². The Hall–Kier alpha value is -2.28. The molecule has 1 aromatic carbocycles. The maximum atomic E-state index is 13.9. The average molecular weight is 360 g/mol. The molecule has 26 heavy (non-hydrogen) atoms. The Labute approximate surface area is 153 Å². The van der Waals surface area contributed by atoms with Gasteiger partial charge in [0.05, 0.1) is 0 Å². The van der Waals surface area contributed by atoms with Crippen molar-refractivity contribution in [2.75, 3.05) is 27.2 Å². The lowest BCUT2D eigenvalue weighted by atomic mass is 10.0. The number of rotatable bonds is 4. The van der Waals surface area contributed by atoms with E-state index in [0.717, 1.165) is 19.4 Å². The molecular weight excluding hydrogens is 335 g/mol. The monoisotopic (exact) mass is 360 g/mol. The zero-order valence-electron chi connectivity index (χ0n) is 15.3. The van der Waals surface area contributed by atoms with Crippen LogP contribution in [0.4, 0.5) is 4.39 Å². The molecule has 7 heteroatoms. The van der Waals surface area contributed by atoms with Gasteiger partial charge < -0.3 is 4.90 Å². The van der Waals surface area contributed by atoms with Gasteiger partial charge in [0.25, 0.3) is 5.91 Å². The van der Waals surface area contributed by atoms with Gasteiger partial charge in [0.1, 0.15) is 11.5 Å². The lowest BCUT2D eigenvalue weighted by molar-refractivity contribution is -0.131. The zero-order chi connectivity index (χ0) is 18.7. The fourth-order valence-corrected chi connectivity index (χ4v) is 3.55. The van der Waals surface area contributed by atoms with E-state index in [9.17, 15) is 14.0 Å². The van der Waals surface area contributed by atoms with Gasteiger partial charge in [-0.25, -0.2) is 9.40 Å². The molecule has 0 unspecified atom stereocenters. The number of halogens is 1. The largest absolute Gasteiger partial charge is 0.336 e. The Morgan fingerprint density at radius 2 is 2.12 bits per heavy atom. The van der Waals surface area contributed by atoms with Crippen LogP contribution in [0.15, 0.2) is 29.4 Å². The van der Waals surface area contributed by atoms with E-state index in [1.807, 2.05) is 6.07 Å². The summed E-state index contributed by atoms with van der Waals surface area (Å²) in [5, 5.41) is 5.37. The molecule has 0 aromatic heterocycles. The molecule has 0 radical (unpaired) electrons. The van der Waals surface area contributed by atoms with Gasteiger partial charge in [-0.2, -0.15) is 5.10 Å². The molecule has 1 fully saturated rings. The van der Waals surface area contributed by atoms with E-state index in [-0.39, 0.29) is 23.7 Å². The van der Waals surface area contributed by atoms with Crippen LogP contribution in [0.2, 0.25) is 0 Å². The molecule has 0 aliphatic carbocycles. The normalized spacial score (nSPS) is 21.5. The highest BCUT2D eigenvalue weighted by Crippen LogP contribution is 2.20. The quantitative estimate of drug-likeness (QED) is 0.824. The maximum absolute atomic E-state index is 13.9. The molecule has 0 N–H and O–H groups in total. The standard InChI is InChI=1S/C19H25FN4O2/c1-22(19(26)17-9-10-18(25)23(2)21-17)15-7-5-11-24(13-15)12-14-6-3-4-8-16(14)20/h3-4,6,8,15H,5,7,9-13H2,1-2H3/t15-/m0/s1. The molecule has 1 aromatic rings. The van der Waals surface area contributed by atoms with E-state index in [2.05, 4.69) is 10.0 Å². The van der Waals surface area contributed by atoms with E-state index >= 15 is 0 Å². The predicted molar refractivity (Wildman–Crippen MR) is 96.9 cm³/mol. The summed E-state index contributed by atoms with van der Waals surface area (Å²) in [6, 6.07) is 6.88. The van der Waals surface area contributed by atoms with Crippen LogP contribution in [0, 0.1) is 5.82 Å². The van der Waals surface area contributed by atoms with Gasteiger partial charge in [0, 0.05) is 51.6 Å². The summed E-state index contributed by atoms with van der Waals surface area (Å²) in [6.07, 6.45) is 2.58. The fraction of sp³-hybridized carbons (Fsp3) is 0.526. The second-order valence-electron chi connectivity index (χ2n) is 7.00. The van der Waals surface area contributed by atoms with Crippen LogP contribution in [-0.2, 0) is 16.1 Å². The van der Waals surface area contributed by atoms with Crippen molar-refractivity contribution in [3.63, 3.8) is 0 Å². The van der Waals surface area contributed by atoms with E-state index in [1.165, 1.54) is 11.1 Å². The smallest absolute Gasteiger partial charge is 0.270 e. The van der Waals surface area contributed by atoms with Gasteiger partial charge in [-0.05, 0) is 25.5 Å². The average Bonchev–Trinajstić information content (AvgIpc) is 2.65. The topological polar surface area (TPSA) is 56.2 Å². The van der Waals surface area contributed by atoms with Crippen LogP contribution in [-0.4, -0.2) is 65.6 Å². The molecule has 1 atom stereocenters. The Morgan fingerprint density at radius 3 is 2.85 bits per heavy atom. The first kappa shape index (κ1) is 18.5. The number of nitrogens with zero attached hydrogens (tertiary/aromatic N) is 4. The number of piperidine rings is 1. The Balaban J connectivity index is 1.63. The maximum Gasteiger partial charge on any atom is 0.270 e. The minimum Gasteiger partial charge on any atom is -0.336 e. The van der Waals surface area contributed by atoms with Crippen LogP contribution < -0.4 is 0 Å². The molecule has 0 spiro atoms. The lowest BCUT2D eigenvalue weighted by Crippen LogP contribution is -2.50. The number of hydrazone groups is 1. The first-order valence-electron chi connectivity index (χ1n) is 9.02. The third kappa shape index (κ3) is 4.09. The summed E-state index contributed by atoms with van der Waals surface area (Å²) in [5.41, 5.74) is 1.11. The van der Waals surface area contributed by atoms with Crippen molar-refractivity contribution in [3.05, 3.63) is 35.6 Å². The first-order valence-corrected chi connectivity index (χ1v) is 9.02. The minimum absolute atomic E-state index is 0.0636. The number of likely N-dealkylation sites (tertiary alicyclic amines) is 1. The molecule has 0 saturated carbocycles. The molecule has 3 rings (SSSR count). The summed E-state index contributed by atoms with van der Waals surface area (Å²) in [6.45, 7) is 2.15. The van der Waals surface area contributed by atoms with Crippen molar-refractivity contribution < 1.29 is 14.0 Å². The van der Waals surface area contributed by atoms with Crippen LogP contribution in [0.5, 0.6) is 0 Å². The molecule has 2 amide bonds. The number of likely N-dealkylation sites (N-methyl/N-ethyl adjacent to an activating group) is 1. The summed E-state index contributed by atoms with van der Waals surface area (Å²) in [5.74, 6) is -0.386. The predicted octanol–water partition coefficient (Wildman–Crippen LogP) is 1.86. The van der Waals surface area contributed by atoms with Crippen LogP contribution in [0.1, 0.15) is 31.2 Å². The molecule has 6 nitrogen and oxygen atoms in total. The highest BCUT2D eigenvalue weighted by Gasteiger charge is 2.30. The SMILES string of the molecule is CN1N=C(C(=O)N(C)[C@H]2CCCN(Cc3ccccc3F)C2)CCC1=O. The van der Waals surface area contributed by atoms with E-state index in [0.29, 0.717) is 37.2 Å². The highest BCUT2D eigenvalue weighted by molar-refractivity contribution is 6.39. The Kier molecular flexibility index (Phi) is 5.66. The number of carbonyl (C=O) groups excluding carboxylic acids is 2. The van der Waals surface area contributed by atoms with Crippen molar-refractivity contribution in [1.29, 1.82) is 0 Å². The second-order valence-corrected chi connectivity index (χ2v) is 7.00. The number of hydrogen-bond acceptors (Lipinski definition) is 4. The highest BCUT2D eigenvalue weighted by atomic mass is 19.1. The molecule has 2 aliphatic heterocycles. The van der Waals surface area contributed by atoms with E-state index < -0.39 is 0 Å². The second kappa shape index (κ2) is 7.95.